The van der Waals surface area contributed by atoms with E-state index < -0.39 is 0 Å². The van der Waals surface area contributed by atoms with Crippen LogP contribution in [0.5, 0.6) is 0 Å². The van der Waals surface area contributed by atoms with Crippen molar-refractivity contribution < 1.29 is 0 Å². The number of rotatable bonds is 4. The number of nitrogens with zero attached hydrogens (tertiary/aromatic N) is 1. The second kappa shape index (κ2) is 5.05. The zero-order valence-corrected chi connectivity index (χ0v) is 9.23. The van der Waals surface area contributed by atoms with Gasteiger partial charge in [0.25, 0.3) is 5.56 Å². The zero-order valence-electron chi connectivity index (χ0n) is 8.41. The first-order valence-corrected chi connectivity index (χ1v) is 5.60. The van der Waals surface area contributed by atoms with Crippen molar-refractivity contribution in [1.82, 2.24) is 9.97 Å². The first-order valence-electron chi connectivity index (χ1n) is 4.61. The van der Waals surface area contributed by atoms with Gasteiger partial charge in [-0.15, -0.1) is 0 Å². The molecule has 0 aliphatic rings. The van der Waals surface area contributed by atoms with Crippen LogP contribution in [0.2, 0.25) is 0 Å². The molecule has 0 aliphatic heterocycles. The van der Waals surface area contributed by atoms with Crippen LogP contribution in [-0.4, -0.2) is 15.7 Å². The van der Waals surface area contributed by atoms with Crippen molar-refractivity contribution in [3.63, 3.8) is 0 Å². The number of aromatic amines is 1. The van der Waals surface area contributed by atoms with Crippen molar-refractivity contribution in [2.45, 2.75) is 25.4 Å². The minimum absolute atomic E-state index is 0.191. The fraction of sp³-hybridized carbons (Fsp3) is 0.556. The lowest BCUT2D eigenvalue weighted by molar-refractivity contribution is 0.636. The maximum Gasteiger partial charge on any atom is 0.253 e. The summed E-state index contributed by atoms with van der Waals surface area (Å²) in [6.45, 7) is 4.30. The van der Waals surface area contributed by atoms with Crippen LogP contribution in [0.4, 0.5) is 5.82 Å². The van der Waals surface area contributed by atoms with E-state index in [0.717, 1.165) is 12.2 Å². The summed E-state index contributed by atoms with van der Waals surface area (Å²) >= 11 is 1.53. The molecule has 0 aliphatic carbocycles. The number of aromatic nitrogens is 2. The summed E-state index contributed by atoms with van der Waals surface area (Å²) in [5.74, 6) is 1.84. The van der Waals surface area contributed by atoms with E-state index in [2.05, 4.69) is 23.8 Å². The lowest BCUT2D eigenvalue weighted by Gasteiger charge is -2.06. The van der Waals surface area contributed by atoms with Gasteiger partial charge in [0.2, 0.25) is 0 Å². The van der Waals surface area contributed by atoms with Gasteiger partial charge in [0.05, 0.1) is 0 Å². The average Bonchev–Trinajstić information content (AvgIpc) is 2.12. The summed E-state index contributed by atoms with van der Waals surface area (Å²) in [5.41, 5.74) is 5.26. The number of H-pyrrole nitrogens is 1. The van der Waals surface area contributed by atoms with Gasteiger partial charge >= 0.3 is 0 Å². The Morgan fingerprint density at radius 3 is 3.00 bits per heavy atom. The van der Waals surface area contributed by atoms with Crippen LogP contribution < -0.4 is 11.3 Å². The second-order valence-corrected chi connectivity index (χ2v) is 4.31. The second-order valence-electron chi connectivity index (χ2n) is 3.30. The standard InChI is InChI=1S/C9H15N3OS/c1-3-6(2)5-14-9-11-7(10)4-8(13)12-9/h4,6H,3,5H2,1-2H3,(H3,10,11,12,13). The van der Waals surface area contributed by atoms with Crippen molar-refractivity contribution in [2.24, 2.45) is 5.92 Å². The van der Waals surface area contributed by atoms with E-state index in [9.17, 15) is 4.79 Å². The predicted octanol–water partition coefficient (Wildman–Crippen LogP) is 1.49. The Labute approximate surface area is 87.3 Å². The molecule has 1 unspecified atom stereocenters. The third-order valence-corrected chi connectivity index (χ3v) is 3.14. The van der Waals surface area contributed by atoms with Crippen LogP contribution in [-0.2, 0) is 0 Å². The maximum atomic E-state index is 11.0. The summed E-state index contributed by atoms with van der Waals surface area (Å²) in [6, 6.07) is 1.29. The van der Waals surface area contributed by atoms with E-state index in [1.165, 1.54) is 17.8 Å². The Hall–Kier alpha value is -0.970. The monoisotopic (exact) mass is 213 g/mol. The number of thioether (sulfide) groups is 1. The van der Waals surface area contributed by atoms with Gasteiger partial charge in [0.1, 0.15) is 5.82 Å². The minimum atomic E-state index is -0.191. The molecule has 0 radical (unpaired) electrons. The molecule has 1 aromatic rings. The first kappa shape index (κ1) is 11.1. The van der Waals surface area contributed by atoms with Gasteiger partial charge in [-0.25, -0.2) is 4.98 Å². The molecule has 1 atom stereocenters. The van der Waals surface area contributed by atoms with Gasteiger partial charge in [-0.3, -0.25) is 4.79 Å². The summed E-state index contributed by atoms with van der Waals surface area (Å²) < 4.78 is 0. The first-order chi connectivity index (χ1) is 6.61. The van der Waals surface area contributed by atoms with E-state index in [4.69, 9.17) is 5.73 Å². The quantitative estimate of drug-likeness (QED) is 0.587. The number of hydrogen-bond donors (Lipinski definition) is 2. The molecule has 0 fully saturated rings. The Morgan fingerprint density at radius 1 is 1.71 bits per heavy atom. The van der Waals surface area contributed by atoms with E-state index >= 15 is 0 Å². The van der Waals surface area contributed by atoms with Gasteiger partial charge < -0.3 is 10.7 Å². The Morgan fingerprint density at radius 2 is 2.43 bits per heavy atom. The van der Waals surface area contributed by atoms with Gasteiger partial charge in [-0.2, -0.15) is 0 Å². The molecular weight excluding hydrogens is 198 g/mol. The highest BCUT2D eigenvalue weighted by Crippen LogP contribution is 2.17. The van der Waals surface area contributed by atoms with E-state index in [0.29, 0.717) is 11.1 Å². The van der Waals surface area contributed by atoms with Crippen molar-refractivity contribution in [3.8, 4) is 0 Å². The minimum Gasteiger partial charge on any atom is -0.383 e. The SMILES string of the molecule is CCC(C)CSc1nc(N)cc(=O)[nH]1. The van der Waals surface area contributed by atoms with Gasteiger partial charge in [-0.1, -0.05) is 32.0 Å². The van der Waals surface area contributed by atoms with E-state index in [1.54, 1.807) is 0 Å². The highest BCUT2D eigenvalue weighted by molar-refractivity contribution is 7.99. The maximum absolute atomic E-state index is 11.0. The largest absolute Gasteiger partial charge is 0.383 e. The highest BCUT2D eigenvalue weighted by atomic mass is 32.2. The van der Waals surface area contributed by atoms with Gasteiger partial charge in [0, 0.05) is 11.8 Å². The fourth-order valence-corrected chi connectivity index (χ4v) is 1.88. The molecule has 1 heterocycles. The van der Waals surface area contributed by atoms with E-state index in [1.807, 2.05) is 0 Å². The van der Waals surface area contributed by atoms with Crippen LogP contribution in [0.3, 0.4) is 0 Å². The van der Waals surface area contributed by atoms with Crippen molar-refractivity contribution in [3.05, 3.63) is 16.4 Å². The smallest absolute Gasteiger partial charge is 0.253 e. The van der Waals surface area contributed by atoms with Crippen LogP contribution in [0, 0.1) is 5.92 Å². The number of nitrogens with two attached hydrogens (primary N) is 1. The van der Waals surface area contributed by atoms with Gasteiger partial charge in [-0.05, 0) is 5.92 Å². The van der Waals surface area contributed by atoms with Gasteiger partial charge in [0.15, 0.2) is 5.16 Å². The molecule has 14 heavy (non-hydrogen) atoms. The molecule has 78 valence electrons. The normalized spacial score (nSPS) is 12.7. The molecule has 0 bridgehead atoms. The van der Waals surface area contributed by atoms with Crippen LogP contribution >= 0.6 is 11.8 Å². The van der Waals surface area contributed by atoms with Crippen molar-refractivity contribution in [2.75, 3.05) is 11.5 Å². The number of nitrogen functional groups attached to an aromatic ring is 1. The predicted molar refractivity (Wildman–Crippen MR) is 59.4 cm³/mol. The summed E-state index contributed by atoms with van der Waals surface area (Å²) in [6.07, 6.45) is 1.12. The highest BCUT2D eigenvalue weighted by Gasteiger charge is 2.03. The number of nitrogens with one attached hydrogen (secondary N) is 1. The molecule has 0 amide bonds. The van der Waals surface area contributed by atoms with Crippen LogP contribution in [0.15, 0.2) is 16.0 Å². The summed E-state index contributed by atoms with van der Waals surface area (Å²) in [4.78, 5) is 17.7. The Bertz CT molecular complexity index is 350. The van der Waals surface area contributed by atoms with Crippen LogP contribution in [0.1, 0.15) is 20.3 Å². The molecule has 0 aromatic carbocycles. The summed E-state index contributed by atoms with van der Waals surface area (Å²) in [5, 5.41) is 0.607. The van der Waals surface area contributed by atoms with E-state index in [-0.39, 0.29) is 11.4 Å². The zero-order chi connectivity index (χ0) is 10.6. The molecule has 4 nitrogen and oxygen atoms in total. The number of anilines is 1. The third kappa shape index (κ3) is 3.41. The molecule has 0 spiro atoms. The molecular formula is C9H15N3OS. The molecule has 0 saturated heterocycles. The van der Waals surface area contributed by atoms with Crippen molar-refractivity contribution in [1.29, 1.82) is 0 Å². The number of hydrogen-bond acceptors (Lipinski definition) is 4. The topological polar surface area (TPSA) is 71.8 Å². The summed E-state index contributed by atoms with van der Waals surface area (Å²) in [7, 11) is 0. The Kier molecular flexibility index (Phi) is 4.00. The van der Waals surface area contributed by atoms with Crippen LogP contribution in [0.25, 0.3) is 0 Å². The molecule has 1 rings (SSSR count). The molecule has 1 aromatic heterocycles. The van der Waals surface area contributed by atoms with Crippen molar-refractivity contribution >= 4 is 17.6 Å². The fourth-order valence-electron chi connectivity index (χ4n) is 0.861. The molecule has 0 saturated carbocycles. The lowest BCUT2D eigenvalue weighted by atomic mass is 10.2. The average molecular weight is 213 g/mol. The Balaban J connectivity index is 2.63. The lowest BCUT2D eigenvalue weighted by Crippen LogP contribution is -2.10. The molecule has 3 N–H and O–H groups in total. The third-order valence-electron chi connectivity index (χ3n) is 1.94. The molecule has 5 heteroatoms.